The van der Waals surface area contributed by atoms with E-state index in [9.17, 15) is 22.8 Å². The van der Waals surface area contributed by atoms with Crippen molar-refractivity contribution < 1.29 is 22.8 Å². The van der Waals surface area contributed by atoms with Gasteiger partial charge in [-0.2, -0.15) is 5.10 Å². The fraction of sp³-hybridized carbons (Fsp3) is 0.190. The lowest BCUT2D eigenvalue weighted by atomic mass is 10.0. The third-order valence-electron chi connectivity index (χ3n) is 5.15. The quantitative estimate of drug-likeness (QED) is 0.665. The Balaban J connectivity index is 1.65. The smallest absolute Gasteiger partial charge is 0.252 e. The van der Waals surface area contributed by atoms with Gasteiger partial charge in [0.05, 0.1) is 35.8 Å². The highest BCUT2D eigenvalue weighted by atomic mass is 35.5. The fourth-order valence-corrected chi connectivity index (χ4v) is 3.78. The zero-order chi connectivity index (χ0) is 22.3. The molecule has 0 saturated heterocycles. The first kappa shape index (κ1) is 20.9. The predicted octanol–water partition coefficient (Wildman–Crippen LogP) is 3.30. The Morgan fingerprint density at radius 3 is 2.58 bits per heavy atom. The number of benzene rings is 2. The number of nitrogens with zero attached hydrogens (tertiary/aromatic N) is 3. The van der Waals surface area contributed by atoms with E-state index in [0.717, 1.165) is 12.1 Å². The molecule has 1 aliphatic heterocycles. The number of rotatable bonds is 4. The lowest BCUT2D eigenvalue weighted by Crippen LogP contribution is -2.40. The van der Waals surface area contributed by atoms with Gasteiger partial charge in [0, 0.05) is 17.7 Å². The molecule has 0 spiro atoms. The van der Waals surface area contributed by atoms with Gasteiger partial charge in [0.15, 0.2) is 11.6 Å². The summed E-state index contributed by atoms with van der Waals surface area (Å²) in [6.45, 7) is 0.532. The van der Waals surface area contributed by atoms with Gasteiger partial charge >= 0.3 is 0 Å². The highest BCUT2D eigenvalue weighted by molar-refractivity contribution is 6.31. The minimum absolute atomic E-state index is 0.00989. The molecule has 0 unspecified atom stereocenters. The van der Waals surface area contributed by atoms with Crippen molar-refractivity contribution in [3.05, 3.63) is 75.7 Å². The van der Waals surface area contributed by atoms with E-state index < -0.39 is 29.3 Å². The van der Waals surface area contributed by atoms with Crippen LogP contribution in [-0.4, -0.2) is 33.0 Å². The largest absolute Gasteiger partial charge is 0.365 e. The van der Waals surface area contributed by atoms with Crippen LogP contribution in [0.1, 0.15) is 21.6 Å². The molecule has 10 heteroatoms. The standard InChI is InChI=1S/C21H16ClF3N4O2/c22-13-8-12(4-5-14(13)23)20-18(21(26)31)16-10-28(6-7-29(16)27-20)17(30)9-11-2-1-3-15(24)19(11)25/h1-5,8H,6-7,9-10H2,(H2,26,31). The van der Waals surface area contributed by atoms with E-state index in [1.165, 1.54) is 29.2 Å². The van der Waals surface area contributed by atoms with Crippen LogP contribution in [0.4, 0.5) is 13.2 Å². The van der Waals surface area contributed by atoms with Crippen LogP contribution >= 0.6 is 11.6 Å². The van der Waals surface area contributed by atoms with Crippen molar-refractivity contribution in [3.8, 4) is 11.3 Å². The Hall–Kier alpha value is -3.33. The average molecular weight is 449 g/mol. The molecular formula is C21H16ClF3N4O2. The molecule has 0 radical (unpaired) electrons. The molecule has 0 aliphatic carbocycles. The summed E-state index contributed by atoms with van der Waals surface area (Å²) in [5.41, 5.74) is 6.66. The van der Waals surface area contributed by atoms with Crippen LogP contribution in [0.15, 0.2) is 36.4 Å². The van der Waals surface area contributed by atoms with Gasteiger partial charge in [0.25, 0.3) is 5.91 Å². The number of hydrogen-bond acceptors (Lipinski definition) is 3. The van der Waals surface area contributed by atoms with Crippen molar-refractivity contribution in [1.82, 2.24) is 14.7 Å². The predicted molar refractivity (Wildman–Crippen MR) is 107 cm³/mol. The zero-order valence-electron chi connectivity index (χ0n) is 16.0. The Bertz CT molecular complexity index is 1210. The van der Waals surface area contributed by atoms with E-state index in [-0.39, 0.29) is 47.9 Å². The number of fused-ring (bicyclic) bond motifs is 1. The molecule has 1 aromatic heterocycles. The molecule has 6 nitrogen and oxygen atoms in total. The summed E-state index contributed by atoms with van der Waals surface area (Å²) in [6, 6.07) is 7.58. The fourth-order valence-electron chi connectivity index (χ4n) is 3.59. The molecule has 1 aliphatic rings. The molecule has 4 rings (SSSR count). The molecule has 31 heavy (non-hydrogen) atoms. The lowest BCUT2D eigenvalue weighted by Gasteiger charge is -2.28. The van der Waals surface area contributed by atoms with E-state index in [1.54, 1.807) is 4.68 Å². The third-order valence-corrected chi connectivity index (χ3v) is 5.44. The first-order valence-electron chi connectivity index (χ1n) is 9.32. The summed E-state index contributed by atoms with van der Waals surface area (Å²) < 4.78 is 42.4. The molecule has 2 heterocycles. The van der Waals surface area contributed by atoms with E-state index in [0.29, 0.717) is 11.3 Å². The second-order valence-electron chi connectivity index (χ2n) is 7.09. The van der Waals surface area contributed by atoms with Crippen LogP contribution in [0.25, 0.3) is 11.3 Å². The van der Waals surface area contributed by atoms with Gasteiger partial charge in [-0.15, -0.1) is 0 Å². The van der Waals surface area contributed by atoms with Gasteiger partial charge in [-0.05, 0) is 24.3 Å². The van der Waals surface area contributed by atoms with Crippen LogP contribution in [0.5, 0.6) is 0 Å². The summed E-state index contributed by atoms with van der Waals surface area (Å²) in [7, 11) is 0. The molecule has 3 aromatic rings. The first-order chi connectivity index (χ1) is 14.8. The van der Waals surface area contributed by atoms with Crippen molar-refractivity contribution in [2.45, 2.75) is 19.5 Å². The number of carbonyl (C=O) groups is 2. The summed E-state index contributed by atoms with van der Waals surface area (Å²) in [5, 5.41) is 4.27. The van der Waals surface area contributed by atoms with E-state index in [2.05, 4.69) is 5.10 Å². The van der Waals surface area contributed by atoms with Gasteiger partial charge < -0.3 is 10.6 Å². The van der Waals surface area contributed by atoms with Crippen molar-refractivity contribution in [3.63, 3.8) is 0 Å². The SMILES string of the molecule is NC(=O)c1c(-c2ccc(F)c(Cl)c2)nn2c1CN(C(=O)Cc1cccc(F)c1F)CC2. The van der Waals surface area contributed by atoms with Gasteiger partial charge in [0.1, 0.15) is 11.5 Å². The Morgan fingerprint density at radius 1 is 1.10 bits per heavy atom. The van der Waals surface area contributed by atoms with Crippen molar-refractivity contribution in [2.75, 3.05) is 6.54 Å². The molecule has 0 bridgehead atoms. The molecule has 0 saturated carbocycles. The number of nitrogens with two attached hydrogens (primary N) is 1. The lowest BCUT2D eigenvalue weighted by molar-refractivity contribution is -0.132. The summed E-state index contributed by atoms with van der Waals surface area (Å²) in [4.78, 5) is 26.3. The molecule has 2 N–H and O–H groups in total. The second-order valence-corrected chi connectivity index (χ2v) is 7.50. The number of primary amides is 1. The molecular weight excluding hydrogens is 433 g/mol. The Labute approximate surface area is 180 Å². The number of amides is 2. The molecule has 2 aromatic carbocycles. The minimum Gasteiger partial charge on any atom is -0.365 e. The van der Waals surface area contributed by atoms with E-state index in [1.807, 2.05) is 0 Å². The minimum atomic E-state index is -1.06. The number of carbonyl (C=O) groups excluding carboxylic acids is 2. The maximum absolute atomic E-state index is 13.9. The van der Waals surface area contributed by atoms with Crippen LogP contribution in [0.2, 0.25) is 5.02 Å². The summed E-state index contributed by atoms with van der Waals surface area (Å²) >= 11 is 5.85. The highest BCUT2D eigenvalue weighted by Crippen LogP contribution is 2.30. The maximum Gasteiger partial charge on any atom is 0.252 e. The molecule has 0 fully saturated rings. The summed E-state index contributed by atoms with van der Waals surface area (Å²) in [5.74, 6) is -3.90. The Morgan fingerprint density at radius 2 is 1.87 bits per heavy atom. The van der Waals surface area contributed by atoms with Crippen molar-refractivity contribution >= 4 is 23.4 Å². The van der Waals surface area contributed by atoms with E-state index in [4.69, 9.17) is 17.3 Å². The summed E-state index contributed by atoms with van der Waals surface area (Å²) in [6.07, 6.45) is -0.329. The van der Waals surface area contributed by atoms with Crippen molar-refractivity contribution in [2.24, 2.45) is 5.73 Å². The zero-order valence-corrected chi connectivity index (χ0v) is 16.8. The normalized spacial score (nSPS) is 13.2. The van der Waals surface area contributed by atoms with Gasteiger partial charge in [-0.25, -0.2) is 13.2 Å². The first-order valence-corrected chi connectivity index (χ1v) is 9.69. The van der Waals surface area contributed by atoms with E-state index >= 15 is 0 Å². The second kappa shape index (κ2) is 8.07. The topological polar surface area (TPSA) is 81.2 Å². The molecule has 2 amide bonds. The molecule has 160 valence electrons. The van der Waals surface area contributed by atoms with Crippen LogP contribution in [0, 0.1) is 17.5 Å². The van der Waals surface area contributed by atoms with Gasteiger partial charge in [-0.3, -0.25) is 14.3 Å². The van der Waals surface area contributed by atoms with Crippen molar-refractivity contribution in [1.29, 1.82) is 0 Å². The van der Waals surface area contributed by atoms with Crippen LogP contribution in [0.3, 0.4) is 0 Å². The van der Waals surface area contributed by atoms with Gasteiger partial charge in [-0.1, -0.05) is 23.7 Å². The monoisotopic (exact) mass is 448 g/mol. The van der Waals surface area contributed by atoms with Crippen LogP contribution < -0.4 is 5.73 Å². The third kappa shape index (κ3) is 3.88. The highest BCUT2D eigenvalue weighted by Gasteiger charge is 2.30. The van der Waals surface area contributed by atoms with Gasteiger partial charge in [0.2, 0.25) is 5.91 Å². The maximum atomic E-state index is 13.9. The number of hydrogen-bond donors (Lipinski definition) is 1. The number of halogens is 4. The number of aromatic nitrogens is 2. The Kier molecular flexibility index (Phi) is 5.45. The average Bonchev–Trinajstić information content (AvgIpc) is 3.12. The molecule has 0 atom stereocenters. The van der Waals surface area contributed by atoms with Crippen LogP contribution in [-0.2, 0) is 24.3 Å².